The van der Waals surface area contributed by atoms with Crippen LogP contribution in [0.1, 0.15) is 21.5 Å². The molecule has 0 spiro atoms. The summed E-state index contributed by atoms with van der Waals surface area (Å²) in [6.07, 6.45) is 0.925. The Hall–Kier alpha value is -4.23. The Morgan fingerprint density at radius 1 is 0.562 bits per heavy atom. The van der Waals surface area contributed by atoms with Crippen LogP contribution in [-0.2, 0) is 0 Å². The molecule has 0 unspecified atom stereocenters. The van der Waals surface area contributed by atoms with Crippen LogP contribution in [0.25, 0.3) is 27.5 Å². The van der Waals surface area contributed by atoms with E-state index >= 15 is 0 Å². The van der Waals surface area contributed by atoms with Crippen molar-refractivity contribution in [3.05, 3.63) is 151 Å². The molecule has 5 rings (SSSR count). The third-order valence-corrected chi connectivity index (χ3v) is 5.40. The topological polar surface area (TPSA) is 17.1 Å². The maximum absolute atomic E-state index is 11.2. The Labute approximate surface area is 189 Å². The van der Waals surface area contributed by atoms with Crippen molar-refractivity contribution in [1.29, 1.82) is 0 Å². The first kappa shape index (κ1) is 21.0. The molecule has 0 saturated heterocycles. The molecule has 0 amide bonds. The van der Waals surface area contributed by atoms with Gasteiger partial charge in [0.25, 0.3) is 0 Å². The van der Waals surface area contributed by atoms with Gasteiger partial charge in [0.15, 0.2) is 6.29 Å². The molecule has 0 heterocycles. The molecule has 0 aliphatic heterocycles. The van der Waals surface area contributed by atoms with Gasteiger partial charge in [-0.2, -0.15) is 0 Å². The molecule has 5 aromatic rings. The summed E-state index contributed by atoms with van der Waals surface area (Å²) in [4.78, 5) is 11.2. The Morgan fingerprint density at radius 3 is 1.62 bits per heavy atom. The van der Waals surface area contributed by atoms with Gasteiger partial charge in [-0.25, -0.2) is 0 Å². The summed E-state index contributed by atoms with van der Waals surface area (Å²) in [5.41, 5.74) is 6.27. The first-order chi connectivity index (χ1) is 15.8. The van der Waals surface area contributed by atoms with Gasteiger partial charge in [0, 0.05) is 5.56 Å². The number of fused-ring (bicyclic) bond motifs is 1. The summed E-state index contributed by atoms with van der Waals surface area (Å²) in [6, 6.07) is 42.5. The average molecular weight is 413 g/mol. The van der Waals surface area contributed by atoms with Crippen LogP contribution >= 0.6 is 0 Å². The van der Waals surface area contributed by atoms with Crippen molar-refractivity contribution >= 4 is 22.6 Å². The number of rotatable bonds is 4. The monoisotopic (exact) mass is 412 g/mol. The van der Waals surface area contributed by atoms with Gasteiger partial charge in [0.2, 0.25) is 0 Å². The van der Waals surface area contributed by atoms with E-state index in [9.17, 15) is 4.79 Å². The van der Waals surface area contributed by atoms with Crippen molar-refractivity contribution in [2.24, 2.45) is 0 Å². The van der Waals surface area contributed by atoms with E-state index in [0.29, 0.717) is 0 Å². The molecule has 0 aliphatic rings. The summed E-state index contributed by atoms with van der Waals surface area (Å²) < 4.78 is 0. The van der Waals surface area contributed by atoms with E-state index in [1.807, 2.05) is 91.0 Å². The van der Waals surface area contributed by atoms with Crippen LogP contribution in [0.4, 0.5) is 0 Å². The fourth-order valence-electron chi connectivity index (χ4n) is 3.76. The van der Waals surface area contributed by atoms with E-state index in [1.54, 1.807) is 0 Å². The Morgan fingerprint density at radius 2 is 1.06 bits per heavy atom. The molecular formula is C31H24O. The number of carbonyl (C=O) groups excluding carboxylic acids is 1. The highest BCUT2D eigenvalue weighted by Crippen LogP contribution is 2.31. The lowest BCUT2D eigenvalue weighted by Gasteiger charge is -2.09. The summed E-state index contributed by atoms with van der Waals surface area (Å²) in [7, 11) is 0. The van der Waals surface area contributed by atoms with Gasteiger partial charge in [-0.3, -0.25) is 4.79 Å². The van der Waals surface area contributed by atoms with Gasteiger partial charge in [-0.1, -0.05) is 134 Å². The normalized spacial score (nSPS) is 10.1. The van der Waals surface area contributed by atoms with Crippen LogP contribution in [0.3, 0.4) is 0 Å². The molecule has 154 valence electrons. The van der Waals surface area contributed by atoms with Crippen LogP contribution in [0.2, 0.25) is 0 Å². The third kappa shape index (κ3) is 4.74. The molecule has 0 aromatic heterocycles. The second-order valence-electron chi connectivity index (χ2n) is 7.45. The highest BCUT2D eigenvalue weighted by molar-refractivity contribution is 6.04. The van der Waals surface area contributed by atoms with Gasteiger partial charge >= 0.3 is 0 Å². The van der Waals surface area contributed by atoms with Gasteiger partial charge in [0.05, 0.1) is 0 Å². The lowest BCUT2D eigenvalue weighted by atomic mass is 9.94. The van der Waals surface area contributed by atoms with E-state index in [2.05, 4.69) is 43.0 Å². The van der Waals surface area contributed by atoms with E-state index < -0.39 is 0 Å². The van der Waals surface area contributed by atoms with Crippen molar-refractivity contribution < 1.29 is 4.79 Å². The second-order valence-corrected chi connectivity index (χ2v) is 7.45. The van der Waals surface area contributed by atoms with Crippen molar-refractivity contribution in [2.75, 3.05) is 0 Å². The first-order valence-electron chi connectivity index (χ1n) is 10.6. The SMILES string of the molecule is C=C(c1ccccc1)c1ccccc1.O=Cc1ccc2ccccc2c1-c1ccccc1. The van der Waals surface area contributed by atoms with Gasteiger partial charge < -0.3 is 0 Å². The summed E-state index contributed by atoms with van der Waals surface area (Å²) in [5, 5.41) is 2.27. The Bertz CT molecular complexity index is 1280. The lowest BCUT2D eigenvalue weighted by Crippen LogP contribution is -1.89. The average Bonchev–Trinajstić information content (AvgIpc) is 2.89. The van der Waals surface area contributed by atoms with Gasteiger partial charge in [-0.05, 0) is 38.6 Å². The molecule has 0 bridgehead atoms. The molecule has 0 atom stereocenters. The zero-order valence-electron chi connectivity index (χ0n) is 17.8. The minimum Gasteiger partial charge on any atom is -0.298 e. The molecule has 0 saturated carbocycles. The van der Waals surface area contributed by atoms with Crippen LogP contribution in [0.15, 0.2) is 134 Å². The molecule has 0 radical (unpaired) electrons. The van der Waals surface area contributed by atoms with Crippen LogP contribution in [-0.4, -0.2) is 6.29 Å². The molecule has 32 heavy (non-hydrogen) atoms. The predicted octanol–water partition coefficient (Wildman–Crippen LogP) is 8.07. The first-order valence-corrected chi connectivity index (χ1v) is 10.6. The zero-order valence-corrected chi connectivity index (χ0v) is 17.8. The Kier molecular flexibility index (Phi) is 6.69. The fourth-order valence-corrected chi connectivity index (χ4v) is 3.76. The van der Waals surface area contributed by atoms with Crippen LogP contribution in [0.5, 0.6) is 0 Å². The molecule has 5 aromatic carbocycles. The smallest absolute Gasteiger partial charge is 0.150 e. The van der Waals surface area contributed by atoms with E-state index in [1.165, 1.54) is 11.1 Å². The minimum atomic E-state index is 0.736. The molecule has 0 aliphatic carbocycles. The molecular weight excluding hydrogens is 388 g/mol. The fraction of sp³-hybridized carbons (Fsp3) is 0. The second kappa shape index (κ2) is 10.2. The van der Waals surface area contributed by atoms with E-state index in [-0.39, 0.29) is 0 Å². The van der Waals surface area contributed by atoms with Crippen LogP contribution in [0, 0.1) is 0 Å². The highest BCUT2D eigenvalue weighted by Gasteiger charge is 2.08. The Balaban J connectivity index is 0.000000158. The maximum atomic E-state index is 11.2. The molecule has 0 fully saturated rings. The van der Waals surface area contributed by atoms with Crippen LogP contribution < -0.4 is 0 Å². The minimum absolute atomic E-state index is 0.736. The molecule has 1 heteroatoms. The molecule has 0 N–H and O–H groups in total. The van der Waals surface area contributed by atoms with Crippen molar-refractivity contribution in [2.45, 2.75) is 0 Å². The van der Waals surface area contributed by atoms with Crippen molar-refractivity contribution in [1.82, 2.24) is 0 Å². The summed E-state index contributed by atoms with van der Waals surface area (Å²) >= 11 is 0. The number of aldehydes is 1. The zero-order chi connectivity index (χ0) is 22.2. The number of benzene rings is 5. The maximum Gasteiger partial charge on any atom is 0.150 e. The van der Waals surface area contributed by atoms with Crippen molar-refractivity contribution in [3.63, 3.8) is 0 Å². The molecule has 1 nitrogen and oxygen atoms in total. The van der Waals surface area contributed by atoms with Crippen molar-refractivity contribution in [3.8, 4) is 11.1 Å². The number of carbonyl (C=O) groups is 1. The predicted molar refractivity (Wildman–Crippen MR) is 136 cm³/mol. The third-order valence-electron chi connectivity index (χ3n) is 5.40. The number of hydrogen-bond acceptors (Lipinski definition) is 1. The summed E-state index contributed by atoms with van der Waals surface area (Å²) in [5.74, 6) is 0. The van der Waals surface area contributed by atoms with Gasteiger partial charge in [-0.15, -0.1) is 0 Å². The quantitative estimate of drug-likeness (QED) is 0.273. The van der Waals surface area contributed by atoms with E-state index in [0.717, 1.165) is 39.3 Å². The standard InChI is InChI=1S/C17H12O.C14H12/c18-12-15-11-10-13-6-4-5-9-16(13)17(15)14-7-2-1-3-8-14;1-12(13-8-4-2-5-9-13)14-10-6-3-7-11-14/h1-12H;2-11H,1H2. The number of hydrogen-bond donors (Lipinski definition) is 0. The van der Waals surface area contributed by atoms with E-state index in [4.69, 9.17) is 0 Å². The largest absolute Gasteiger partial charge is 0.298 e. The van der Waals surface area contributed by atoms with Gasteiger partial charge in [0.1, 0.15) is 0 Å². The summed E-state index contributed by atoms with van der Waals surface area (Å²) in [6.45, 7) is 4.10. The lowest BCUT2D eigenvalue weighted by molar-refractivity contribution is 0.112. The highest BCUT2D eigenvalue weighted by atomic mass is 16.1.